The molecule has 1 aromatic carbocycles. The molecule has 2 rings (SSSR count). The fourth-order valence-electron chi connectivity index (χ4n) is 1.79. The Balaban J connectivity index is 2.11. The summed E-state index contributed by atoms with van der Waals surface area (Å²) in [7, 11) is 0. The largest absolute Gasteiger partial charge is 0.447 e. The van der Waals surface area contributed by atoms with E-state index in [1.807, 2.05) is 6.07 Å². The molecule has 0 atom stereocenters. The third-order valence-corrected chi connectivity index (χ3v) is 2.52. The van der Waals surface area contributed by atoms with Crippen LogP contribution < -0.4 is 0 Å². The van der Waals surface area contributed by atoms with Crippen molar-refractivity contribution in [2.24, 2.45) is 0 Å². The number of benzene rings is 1. The molecule has 1 aliphatic rings. The molecule has 0 N–H and O–H groups in total. The number of hydrogen-bond donors (Lipinski definition) is 0. The highest BCUT2D eigenvalue weighted by atomic mass is 19.1. The topological polar surface area (TPSA) is 29.5 Å². The molecule has 1 aromatic rings. The first kappa shape index (κ1) is 10.9. The molecule has 1 amide bonds. The number of rotatable bonds is 1. The smallest absolute Gasteiger partial charge is 0.410 e. The number of nitrogens with zero attached hydrogens (tertiary/aromatic N) is 1. The Morgan fingerprint density at radius 3 is 2.81 bits per heavy atom. The van der Waals surface area contributed by atoms with E-state index in [0.717, 1.165) is 5.56 Å². The van der Waals surface area contributed by atoms with Gasteiger partial charge in [0.05, 0.1) is 12.6 Å². The van der Waals surface area contributed by atoms with Gasteiger partial charge >= 0.3 is 6.09 Å². The van der Waals surface area contributed by atoms with Crippen LogP contribution in [0.1, 0.15) is 25.0 Å². The minimum absolute atomic E-state index is 0.152. The number of hydrogen-bond acceptors (Lipinski definition) is 2. The van der Waals surface area contributed by atoms with Crippen LogP contribution in [0.4, 0.5) is 9.18 Å². The van der Waals surface area contributed by atoms with E-state index in [9.17, 15) is 9.18 Å². The molecular formula is C12H14FNO2. The van der Waals surface area contributed by atoms with E-state index in [2.05, 4.69) is 0 Å². The molecule has 1 heterocycles. The minimum atomic E-state index is -0.384. The molecule has 0 radical (unpaired) electrons. The van der Waals surface area contributed by atoms with Gasteiger partial charge in [0.25, 0.3) is 0 Å². The van der Waals surface area contributed by atoms with E-state index in [1.165, 1.54) is 11.0 Å². The van der Waals surface area contributed by atoms with E-state index in [4.69, 9.17) is 4.74 Å². The zero-order valence-electron chi connectivity index (χ0n) is 9.37. The number of carbonyl (C=O) groups is 1. The highest BCUT2D eigenvalue weighted by Crippen LogP contribution is 2.25. The molecule has 1 aliphatic heterocycles. The lowest BCUT2D eigenvalue weighted by Crippen LogP contribution is -2.28. The van der Waals surface area contributed by atoms with Gasteiger partial charge in [-0.3, -0.25) is 4.90 Å². The van der Waals surface area contributed by atoms with Gasteiger partial charge in [-0.1, -0.05) is 12.1 Å². The number of amides is 1. The molecule has 0 aromatic heterocycles. The Hall–Kier alpha value is -1.58. The second kappa shape index (κ2) is 4.12. The molecule has 16 heavy (non-hydrogen) atoms. The summed E-state index contributed by atoms with van der Waals surface area (Å²) in [4.78, 5) is 13.1. The molecule has 0 bridgehead atoms. The summed E-state index contributed by atoms with van der Waals surface area (Å²) >= 11 is 0. The highest BCUT2D eigenvalue weighted by Gasteiger charge is 2.26. The van der Waals surface area contributed by atoms with Crippen LogP contribution in [0.3, 0.4) is 0 Å². The molecule has 0 fully saturated rings. The van der Waals surface area contributed by atoms with Gasteiger partial charge in [-0.25, -0.2) is 9.18 Å². The fourth-order valence-corrected chi connectivity index (χ4v) is 1.79. The zero-order valence-corrected chi connectivity index (χ0v) is 9.37. The predicted molar refractivity (Wildman–Crippen MR) is 57.3 cm³/mol. The number of carbonyl (C=O) groups excluding carboxylic acids is 1. The Labute approximate surface area is 93.8 Å². The van der Waals surface area contributed by atoms with Gasteiger partial charge < -0.3 is 4.74 Å². The van der Waals surface area contributed by atoms with Crippen molar-refractivity contribution in [3.63, 3.8) is 0 Å². The van der Waals surface area contributed by atoms with Crippen LogP contribution in [0.5, 0.6) is 0 Å². The van der Waals surface area contributed by atoms with Crippen LogP contribution in [0, 0.1) is 5.82 Å². The molecule has 3 nitrogen and oxygen atoms in total. The van der Waals surface area contributed by atoms with E-state index in [0.29, 0.717) is 18.7 Å². The molecular weight excluding hydrogens is 209 g/mol. The molecule has 0 unspecified atom stereocenters. The normalized spacial score (nSPS) is 14.1. The van der Waals surface area contributed by atoms with Crippen molar-refractivity contribution in [2.45, 2.75) is 33.0 Å². The van der Waals surface area contributed by atoms with Crippen LogP contribution in [0.15, 0.2) is 18.2 Å². The van der Waals surface area contributed by atoms with Crippen LogP contribution >= 0.6 is 0 Å². The summed E-state index contributed by atoms with van der Waals surface area (Å²) in [6.45, 7) is 4.32. The van der Waals surface area contributed by atoms with Gasteiger partial charge in [-0.2, -0.15) is 0 Å². The van der Waals surface area contributed by atoms with E-state index in [-0.39, 0.29) is 18.0 Å². The van der Waals surface area contributed by atoms with Gasteiger partial charge in [0.1, 0.15) is 5.82 Å². The van der Waals surface area contributed by atoms with E-state index >= 15 is 0 Å². The highest BCUT2D eigenvalue weighted by molar-refractivity contribution is 5.69. The lowest BCUT2D eigenvalue weighted by Gasteiger charge is -2.17. The minimum Gasteiger partial charge on any atom is -0.447 e. The summed E-state index contributed by atoms with van der Waals surface area (Å²) in [5.41, 5.74) is 1.46. The summed E-state index contributed by atoms with van der Waals surface area (Å²) in [6, 6.07) is 4.91. The first-order chi connectivity index (χ1) is 7.58. The van der Waals surface area contributed by atoms with Gasteiger partial charge in [-0.15, -0.1) is 0 Å². The van der Waals surface area contributed by atoms with Crippen LogP contribution in [0.2, 0.25) is 0 Å². The van der Waals surface area contributed by atoms with Crippen molar-refractivity contribution in [3.8, 4) is 0 Å². The number of ether oxygens (including phenoxy) is 1. The average molecular weight is 223 g/mol. The average Bonchev–Trinajstić information content (AvgIpc) is 2.61. The molecule has 4 heteroatoms. The first-order valence-corrected chi connectivity index (χ1v) is 5.29. The standard InChI is InChI=1S/C12H14FNO2/c1-8(2)16-12(15)14-6-9-4-3-5-11(13)10(9)7-14/h3-5,8H,6-7H2,1-2H3. The summed E-state index contributed by atoms with van der Waals surface area (Å²) in [6.07, 6.45) is -0.536. The molecule has 0 saturated carbocycles. The zero-order chi connectivity index (χ0) is 11.7. The maximum absolute atomic E-state index is 13.4. The van der Waals surface area contributed by atoms with E-state index in [1.54, 1.807) is 19.9 Å². The Morgan fingerprint density at radius 2 is 2.19 bits per heavy atom. The van der Waals surface area contributed by atoms with E-state index < -0.39 is 0 Å². The Kier molecular flexibility index (Phi) is 2.81. The lowest BCUT2D eigenvalue weighted by atomic mass is 10.1. The van der Waals surface area contributed by atoms with Crippen molar-refractivity contribution in [1.82, 2.24) is 4.90 Å². The maximum atomic E-state index is 13.4. The van der Waals surface area contributed by atoms with Crippen molar-refractivity contribution >= 4 is 6.09 Å². The van der Waals surface area contributed by atoms with Crippen LogP contribution in [0.25, 0.3) is 0 Å². The van der Waals surface area contributed by atoms with Crippen LogP contribution in [-0.2, 0) is 17.8 Å². The summed E-state index contributed by atoms with van der Waals surface area (Å²) in [5, 5.41) is 0. The molecule has 0 saturated heterocycles. The second-order valence-electron chi connectivity index (χ2n) is 4.17. The molecule has 86 valence electrons. The Morgan fingerprint density at radius 1 is 1.44 bits per heavy atom. The maximum Gasteiger partial charge on any atom is 0.410 e. The third kappa shape index (κ3) is 2.01. The van der Waals surface area contributed by atoms with Crippen molar-refractivity contribution in [2.75, 3.05) is 0 Å². The molecule has 0 aliphatic carbocycles. The number of fused-ring (bicyclic) bond motifs is 1. The SMILES string of the molecule is CC(C)OC(=O)N1Cc2cccc(F)c2C1. The van der Waals surface area contributed by atoms with Gasteiger partial charge in [0.2, 0.25) is 0 Å². The lowest BCUT2D eigenvalue weighted by molar-refractivity contribution is 0.0759. The Bertz CT molecular complexity index is 417. The summed E-state index contributed by atoms with van der Waals surface area (Å²) in [5.74, 6) is -0.252. The molecule has 0 spiro atoms. The van der Waals surface area contributed by atoms with Crippen molar-refractivity contribution in [3.05, 3.63) is 35.1 Å². The van der Waals surface area contributed by atoms with Crippen molar-refractivity contribution < 1.29 is 13.9 Å². The van der Waals surface area contributed by atoms with Crippen LogP contribution in [-0.4, -0.2) is 17.1 Å². The van der Waals surface area contributed by atoms with Gasteiger partial charge in [0.15, 0.2) is 0 Å². The first-order valence-electron chi connectivity index (χ1n) is 5.29. The quantitative estimate of drug-likeness (QED) is 0.732. The monoisotopic (exact) mass is 223 g/mol. The van der Waals surface area contributed by atoms with Crippen molar-refractivity contribution in [1.29, 1.82) is 0 Å². The van der Waals surface area contributed by atoms with Gasteiger partial charge in [-0.05, 0) is 25.5 Å². The third-order valence-electron chi connectivity index (χ3n) is 2.52. The predicted octanol–water partition coefficient (Wildman–Crippen LogP) is 2.69. The summed E-state index contributed by atoms with van der Waals surface area (Å²) < 4.78 is 18.5. The number of halogens is 1. The fraction of sp³-hybridized carbons (Fsp3) is 0.417. The second-order valence-corrected chi connectivity index (χ2v) is 4.17. The van der Waals surface area contributed by atoms with Gasteiger partial charge in [0, 0.05) is 12.1 Å².